The third kappa shape index (κ3) is 2.10. The van der Waals surface area contributed by atoms with Gasteiger partial charge in [-0.2, -0.15) is 5.10 Å². The molecule has 0 aliphatic heterocycles. The van der Waals surface area contributed by atoms with Crippen molar-refractivity contribution in [3.8, 4) is 5.82 Å². The fraction of sp³-hybridized carbons (Fsp3) is 0.154. The molecule has 1 aromatic carbocycles. The molecule has 108 valence electrons. The first-order valence-electron chi connectivity index (χ1n) is 6.16. The molecule has 0 saturated heterocycles. The van der Waals surface area contributed by atoms with E-state index in [1.807, 2.05) is 0 Å². The van der Waals surface area contributed by atoms with Crippen LogP contribution in [0.1, 0.15) is 18.8 Å². The molecule has 0 fully saturated rings. The van der Waals surface area contributed by atoms with E-state index in [4.69, 9.17) is 17.3 Å². The Hall–Kier alpha value is -2.25. The second-order valence-corrected chi connectivity index (χ2v) is 5.00. The van der Waals surface area contributed by atoms with E-state index in [0.717, 1.165) is 6.07 Å². The van der Waals surface area contributed by atoms with Crippen molar-refractivity contribution in [1.29, 1.82) is 0 Å². The number of fused-ring (bicyclic) bond motifs is 1. The van der Waals surface area contributed by atoms with E-state index in [1.165, 1.54) is 16.8 Å². The Kier molecular flexibility index (Phi) is 3.23. The molecule has 1 atom stereocenters. The molecule has 21 heavy (non-hydrogen) atoms. The molecule has 8 heteroatoms. The standard InChI is InChI=1S/C13H11ClFN5O/c1-6(16)12-18-11-7(14)2-3-8(15)10(11)13(21)20(12)9-4-5-17-19-9/h2-6H,16H2,1H3,(H,17,19). The summed E-state index contributed by atoms with van der Waals surface area (Å²) in [6.45, 7) is 1.67. The van der Waals surface area contributed by atoms with Crippen molar-refractivity contribution in [1.82, 2.24) is 19.7 Å². The van der Waals surface area contributed by atoms with Crippen LogP contribution in [-0.4, -0.2) is 19.7 Å². The lowest BCUT2D eigenvalue weighted by molar-refractivity contribution is 0.632. The summed E-state index contributed by atoms with van der Waals surface area (Å²) >= 11 is 6.02. The van der Waals surface area contributed by atoms with Crippen molar-refractivity contribution in [2.45, 2.75) is 13.0 Å². The van der Waals surface area contributed by atoms with Gasteiger partial charge < -0.3 is 5.73 Å². The molecule has 0 radical (unpaired) electrons. The molecule has 0 amide bonds. The van der Waals surface area contributed by atoms with Gasteiger partial charge in [0.1, 0.15) is 22.8 Å². The van der Waals surface area contributed by atoms with Gasteiger partial charge in [0, 0.05) is 6.07 Å². The third-order valence-corrected chi connectivity index (χ3v) is 3.39. The zero-order chi connectivity index (χ0) is 15.1. The molecule has 0 bridgehead atoms. The van der Waals surface area contributed by atoms with Crippen LogP contribution in [-0.2, 0) is 0 Å². The highest BCUT2D eigenvalue weighted by atomic mass is 35.5. The van der Waals surface area contributed by atoms with Crippen molar-refractivity contribution in [2.24, 2.45) is 5.73 Å². The molecule has 0 aliphatic carbocycles. The lowest BCUT2D eigenvalue weighted by Gasteiger charge is -2.14. The summed E-state index contributed by atoms with van der Waals surface area (Å²) < 4.78 is 15.2. The zero-order valence-corrected chi connectivity index (χ0v) is 11.7. The van der Waals surface area contributed by atoms with E-state index < -0.39 is 17.4 Å². The van der Waals surface area contributed by atoms with Gasteiger partial charge in [-0.3, -0.25) is 9.89 Å². The van der Waals surface area contributed by atoms with Gasteiger partial charge in [0.25, 0.3) is 5.56 Å². The maximum Gasteiger partial charge on any atom is 0.270 e. The second kappa shape index (κ2) is 4.94. The molecule has 3 aromatic rings. The highest BCUT2D eigenvalue weighted by molar-refractivity contribution is 6.35. The molecule has 0 saturated carbocycles. The minimum Gasteiger partial charge on any atom is -0.322 e. The number of rotatable bonds is 2. The molecule has 3 N–H and O–H groups in total. The van der Waals surface area contributed by atoms with E-state index in [0.29, 0.717) is 5.82 Å². The number of nitrogens with zero attached hydrogens (tertiary/aromatic N) is 3. The highest BCUT2D eigenvalue weighted by Crippen LogP contribution is 2.24. The Bertz CT molecular complexity index is 872. The van der Waals surface area contributed by atoms with E-state index in [1.54, 1.807) is 13.0 Å². The van der Waals surface area contributed by atoms with E-state index in [-0.39, 0.29) is 21.7 Å². The topological polar surface area (TPSA) is 89.6 Å². The number of hydrogen-bond donors (Lipinski definition) is 2. The lowest BCUT2D eigenvalue weighted by Crippen LogP contribution is -2.28. The number of hydrogen-bond acceptors (Lipinski definition) is 4. The van der Waals surface area contributed by atoms with Gasteiger partial charge in [-0.1, -0.05) is 11.6 Å². The van der Waals surface area contributed by atoms with Gasteiger partial charge in [0.05, 0.1) is 22.8 Å². The number of aromatic amines is 1. The summed E-state index contributed by atoms with van der Waals surface area (Å²) in [5.74, 6) is -0.0540. The molecule has 6 nitrogen and oxygen atoms in total. The normalized spacial score (nSPS) is 12.8. The first-order chi connectivity index (χ1) is 10.0. The fourth-order valence-corrected chi connectivity index (χ4v) is 2.35. The molecule has 1 unspecified atom stereocenters. The van der Waals surface area contributed by atoms with Crippen LogP contribution in [0.25, 0.3) is 16.7 Å². The monoisotopic (exact) mass is 307 g/mol. The fourth-order valence-electron chi connectivity index (χ4n) is 2.15. The summed E-state index contributed by atoms with van der Waals surface area (Å²) in [7, 11) is 0. The van der Waals surface area contributed by atoms with Crippen LogP contribution in [0.15, 0.2) is 29.2 Å². The van der Waals surface area contributed by atoms with Gasteiger partial charge in [0.2, 0.25) is 0 Å². The maximum atomic E-state index is 14.0. The van der Waals surface area contributed by atoms with Crippen LogP contribution < -0.4 is 11.3 Å². The summed E-state index contributed by atoms with van der Waals surface area (Å²) in [6.07, 6.45) is 1.48. The van der Waals surface area contributed by atoms with Crippen LogP contribution in [0.5, 0.6) is 0 Å². The quantitative estimate of drug-likeness (QED) is 0.757. The molecule has 3 rings (SSSR count). The Morgan fingerprint density at radius 3 is 2.81 bits per heavy atom. The molecular formula is C13H11ClFN5O. The average molecular weight is 308 g/mol. The van der Waals surface area contributed by atoms with Crippen molar-refractivity contribution >= 4 is 22.5 Å². The molecule has 2 heterocycles. The van der Waals surface area contributed by atoms with Crippen LogP contribution in [0, 0.1) is 5.82 Å². The van der Waals surface area contributed by atoms with Crippen LogP contribution >= 0.6 is 11.6 Å². The Morgan fingerprint density at radius 2 is 2.19 bits per heavy atom. The Morgan fingerprint density at radius 1 is 1.43 bits per heavy atom. The van der Waals surface area contributed by atoms with Crippen LogP contribution in [0.2, 0.25) is 5.02 Å². The number of benzene rings is 1. The van der Waals surface area contributed by atoms with E-state index >= 15 is 0 Å². The Balaban J connectivity index is 2.52. The summed E-state index contributed by atoms with van der Waals surface area (Å²) in [4.78, 5) is 16.9. The maximum absolute atomic E-state index is 14.0. The van der Waals surface area contributed by atoms with Gasteiger partial charge in [-0.15, -0.1) is 0 Å². The van der Waals surface area contributed by atoms with E-state index in [9.17, 15) is 9.18 Å². The van der Waals surface area contributed by atoms with Crippen LogP contribution in [0.3, 0.4) is 0 Å². The number of aromatic nitrogens is 4. The van der Waals surface area contributed by atoms with Gasteiger partial charge >= 0.3 is 0 Å². The van der Waals surface area contributed by atoms with Gasteiger partial charge in [0.15, 0.2) is 0 Å². The lowest BCUT2D eigenvalue weighted by atomic mass is 10.2. The van der Waals surface area contributed by atoms with Crippen molar-refractivity contribution in [3.05, 3.63) is 51.4 Å². The van der Waals surface area contributed by atoms with E-state index in [2.05, 4.69) is 15.2 Å². The summed E-state index contributed by atoms with van der Waals surface area (Å²) in [5, 5.41) is 6.45. The van der Waals surface area contributed by atoms with Crippen molar-refractivity contribution in [2.75, 3.05) is 0 Å². The first-order valence-corrected chi connectivity index (χ1v) is 6.54. The number of H-pyrrole nitrogens is 1. The average Bonchev–Trinajstić information content (AvgIpc) is 2.95. The molecule has 2 aromatic heterocycles. The van der Waals surface area contributed by atoms with Crippen LogP contribution in [0.4, 0.5) is 4.39 Å². The predicted octanol–water partition coefficient (Wildman–Crippen LogP) is 1.92. The molecule has 0 spiro atoms. The number of nitrogens with one attached hydrogen (secondary N) is 1. The molecular weight excluding hydrogens is 297 g/mol. The smallest absolute Gasteiger partial charge is 0.270 e. The summed E-state index contributed by atoms with van der Waals surface area (Å²) in [5.41, 5.74) is 5.39. The SMILES string of the molecule is CC(N)c1nc2c(Cl)ccc(F)c2c(=O)n1-c1ccn[nH]1. The third-order valence-electron chi connectivity index (χ3n) is 3.08. The van der Waals surface area contributed by atoms with Gasteiger partial charge in [-0.25, -0.2) is 13.9 Å². The van der Waals surface area contributed by atoms with Gasteiger partial charge in [-0.05, 0) is 19.1 Å². The predicted molar refractivity (Wildman–Crippen MR) is 77.1 cm³/mol. The largest absolute Gasteiger partial charge is 0.322 e. The minimum atomic E-state index is -0.684. The number of nitrogens with two attached hydrogens (primary N) is 1. The number of halogens is 2. The van der Waals surface area contributed by atoms with Crippen molar-refractivity contribution < 1.29 is 4.39 Å². The zero-order valence-electron chi connectivity index (χ0n) is 11.0. The second-order valence-electron chi connectivity index (χ2n) is 4.59. The first kappa shape index (κ1) is 13.7. The Labute approximate surface area is 123 Å². The molecule has 0 aliphatic rings. The van der Waals surface area contributed by atoms with Crippen molar-refractivity contribution in [3.63, 3.8) is 0 Å². The minimum absolute atomic E-state index is 0.102. The highest BCUT2D eigenvalue weighted by Gasteiger charge is 2.20. The summed E-state index contributed by atoms with van der Waals surface area (Å²) in [6, 6.07) is 3.52.